The van der Waals surface area contributed by atoms with Crippen molar-refractivity contribution in [3.63, 3.8) is 0 Å². The van der Waals surface area contributed by atoms with Crippen LogP contribution in [0.1, 0.15) is 12.8 Å². The number of benzene rings is 4. The first-order chi connectivity index (χ1) is 17.5. The molecule has 182 valence electrons. The Hall–Kier alpha value is -2.39. The first kappa shape index (κ1) is 25.3. The second kappa shape index (κ2) is 10.9. The van der Waals surface area contributed by atoms with E-state index < -0.39 is 18.5 Å². The van der Waals surface area contributed by atoms with Gasteiger partial charge in [-0.25, -0.2) is 0 Å². The summed E-state index contributed by atoms with van der Waals surface area (Å²) in [5.74, 6) is -0.273. The van der Waals surface area contributed by atoms with Gasteiger partial charge in [-0.1, -0.05) is 133 Å². The van der Waals surface area contributed by atoms with Crippen molar-refractivity contribution in [2.24, 2.45) is 0 Å². The Kier molecular flexibility index (Phi) is 7.67. The van der Waals surface area contributed by atoms with Crippen LogP contribution in [0.5, 0.6) is 0 Å². The van der Waals surface area contributed by atoms with E-state index in [2.05, 4.69) is 28.9 Å². The maximum absolute atomic E-state index is 14.0. The molecule has 1 atom stereocenters. The molecule has 0 aliphatic carbocycles. The predicted octanol–water partition coefficient (Wildman–Crippen LogP) is 5.09. The van der Waals surface area contributed by atoms with E-state index >= 15 is 0 Å². The van der Waals surface area contributed by atoms with Crippen LogP contribution in [0, 0.1) is 0 Å². The fourth-order valence-electron chi connectivity index (χ4n) is 4.72. The number of hydrogen-bond acceptors (Lipinski definition) is 4. The second-order valence-electron chi connectivity index (χ2n) is 8.70. The van der Waals surface area contributed by atoms with Gasteiger partial charge in [-0.2, -0.15) is 0 Å². The minimum absolute atomic E-state index is 0.273. The molecule has 0 bridgehead atoms. The molecule has 0 N–H and O–H groups in total. The Labute approximate surface area is 223 Å². The Morgan fingerprint density at radius 3 is 1.47 bits per heavy atom. The minimum atomic E-state index is -2.82. The van der Waals surface area contributed by atoms with Crippen LogP contribution in [0.4, 0.5) is 0 Å². The van der Waals surface area contributed by atoms with Crippen molar-refractivity contribution in [1.82, 2.24) is 4.67 Å². The van der Waals surface area contributed by atoms with Gasteiger partial charge in [0.05, 0.1) is 6.19 Å². The van der Waals surface area contributed by atoms with Crippen molar-refractivity contribution >= 4 is 63.3 Å². The number of hydrogen-bond donors (Lipinski definition) is 0. The number of carbonyl (C=O) groups excluding carboxylic acids is 1. The molecule has 1 aliphatic rings. The van der Waals surface area contributed by atoms with Gasteiger partial charge in [0, 0.05) is 27.8 Å². The fourth-order valence-corrected chi connectivity index (χ4v) is 12.1. The van der Waals surface area contributed by atoms with Crippen molar-refractivity contribution in [3.05, 3.63) is 121 Å². The van der Waals surface area contributed by atoms with Gasteiger partial charge in [-0.15, -0.1) is 0 Å². The Morgan fingerprint density at radius 1 is 0.667 bits per heavy atom. The van der Waals surface area contributed by atoms with Gasteiger partial charge in [0.15, 0.2) is 6.26 Å². The van der Waals surface area contributed by atoms with Gasteiger partial charge in [0.2, 0.25) is 0 Å². The van der Waals surface area contributed by atoms with Crippen LogP contribution in [0.25, 0.3) is 0 Å². The summed E-state index contributed by atoms with van der Waals surface area (Å²) in [4.78, 5) is 14.0. The molecule has 0 aromatic heterocycles. The van der Waals surface area contributed by atoms with Crippen molar-refractivity contribution in [1.29, 1.82) is 0 Å². The Bertz CT molecular complexity index is 1330. The van der Waals surface area contributed by atoms with Gasteiger partial charge < -0.3 is 4.52 Å². The van der Waals surface area contributed by atoms with E-state index in [1.54, 1.807) is 0 Å². The Morgan fingerprint density at radius 2 is 1.06 bits per heavy atom. The normalized spacial score (nSPS) is 16.5. The second-order valence-corrected chi connectivity index (χ2v) is 16.8. The number of carbonyl (C=O) groups is 1. The van der Waals surface area contributed by atoms with Gasteiger partial charge in [0.25, 0.3) is 0 Å². The highest BCUT2D eigenvalue weighted by molar-refractivity contribution is 8.20. The van der Waals surface area contributed by atoms with E-state index in [1.165, 1.54) is 0 Å². The van der Waals surface area contributed by atoms with Crippen LogP contribution in [0.2, 0.25) is 0 Å². The monoisotopic (exact) mass is 547 g/mol. The van der Waals surface area contributed by atoms with Crippen LogP contribution < -0.4 is 21.2 Å². The molecule has 36 heavy (non-hydrogen) atoms. The lowest BCUT2D eigenvalue weighted by Crippen LogP contribution is -2.41. The van der Waals surface area contributed by atoms with Crippen molar-refractivity contribution in [2.45, 2.75) is 18.9 Å². The van der Waals surface area contributed by atoms with Crippen molar-refractivity contribution in [2.75, 3.05) is 6.54 Å². The summed E-state index contributed by atoms with van der Waals surface area (Å²) >= 11 is 12.7. The van der Waals surface area contributed by atoms with E-state index in [-0.39, 0.29) is 5.97 Å². The van der Waals surface area contributed by atoms with E-state index in [0.29, 0.717) is 6.42 Å². The number of rotatable bonds is 7. The van der Waals surface area contributed by atoms with E-state index in [9.17, 15) is 4.79 Å². The first-order valence-corrected chi connectivity index (χ1v) is 17.4. The number of nitrogens with zero attached hydrogens (tertiary/aromatic N) is 1. The molecule has 1 heterocycles. The molecular formula is C29H27NO2P2S2. The largest absolute Gasteiger partial charge is 0.427 e. The van der Waals surface area contributed by atoms with E-state index in [1.807, 2.05) is 97.1 Å². The highest BCUT2D eigenvalue weighted by Crippen LogP contribution is 2.53. The molecule has 4 aromatic rings. The SMILES string of the molecule is O=C(OP(=S)(c1ccccc1)c1ccccc1)[C@@H]1CCCN1P(=S)(c1ccccc1)c1ccccc1. The lowest BCUT2D eigenvalue weighted by atomic mass is 10.2. The Balaban J connectivity index is 1.55. The minimum Gasteiger partial charge on any atom is -0.427 e. The molecule has 1 saturated heterocycles. The molecule has 0 amide bonds. The zero-order valence-corrected chi connectivity index (χ0v) is 23.1. The molecule has 7 heteroatoms. The third-order valence-corrected chi connectivity index (χ3v) is 15.5. The maximum Gasteiger partial charge on any atom is 0.327 e. The standard InChI is InChI=1S/C29H27NO2P2S2/c31-29(32-34(36,26-18-9-3-10-19-26)27-20-11-4-12-21-27)28-22-13-23-30(28)33(35,24-14-5-1-6-15-24)25-16-7-2-8-17-25/h1-12,14-21,28H,13,22-23H2/t28-/m0/s1. The summed E-state index contributed by atoms with van der Waals surface area (Å²) < 4.78 is 8.65. The molecule has 3 nitrogen and oxygen atoms in total. The van der Waals surface area contributed by atoms with Gasteiger partial charge >= 0.3 is 5.97 Å². The quantitative estimate of drug-likeness (QED) is 0.301. The fraction of sp³-hybridized carbons (Fsp3) is 0.138. The highest BCUT2D eigenvalue weighted by Gasteiger charge is 2.43. The highest BCUT2D eigenvalue weighted by atomic mass is 32.4. The average Bonchev–Trinajstić information content (AvgIpc) is 3.45. The van der Waals surface area contributed by atoms with E-state index in [4.69, 9.17) is 28.1 Å². The summed E-state index contributed by atoms with van der Waals surface area (Å²) in [5, 5.41) is 3.90. The summed E-state index contributed by atoms with van der Waals surface area (Å²) in [6.45, 7) is 0.750. The lowest BCUT2D eigenvalue weighted by molar-refractivity contribution is -0.137. The topological polar surface area (TPSA) is 29.5 Å². The average molecular weight is 548 g/mol. The van der Waals surface area contributed by atoms with Gasteiger partial charge in [-0.05, 0) is 24.6 Å². The summed E-state index contributed by atoms with van der Waals surface area (Å²) in [5.41, 5.74) is 0. The zero-order valence-electron chi connectivity index (χ0n) is 19.7. The molecule has 1 aliphatic heterocycles. The summed E-state index contributed by atoms with van der Waals surface area (Å²) in [6, 6.07) is 39.5. The molecule has 0 radical (unpaired) electrons. The summed E-state index contributed by atoms with van der Waals surface area (Å²) in [7, 11) is 0. The molecular weight excluding hydrogens is 520 g/mol. The molecule has 0 spiro atoms. The predicted molar refractivity (Wildman–Crippen MR) is 159 cm³/mol. The summed E-state index contributed by atoms with van der Waals surface area (Å²) in [6.07, 6.45) is -3.68. The van der Waals surface area contributed by atoms with Crippen LogP contribution in [0.15, 0.2) is 121 Å². The van der Waals surface area contributed by atoms with Crippen molar-refractivity contribution < 1.29 is 9.32 Å². The van der Waals surface area contributed by atoms with Crippen molar-refractivity contribution in [3.8, 4) is 0 Å². The first-order valence-electron chi connectivity index (χ1n) is 12.0. The van der Waals surface area contributed by atoms with Gasteiger partial charge in [0.1, 0.15) is 6.04 Å². The molecule has 0 unspecified atom stereocenters. The molecule has 0 saturated carbocycles. The zero-order chi connectivity index (χ0) is 25.0. The van der Waals surface area contributed by atoms with Crippen LogP contribution in [-0.2, 0) is 32.9 Å². The third-order valence-electron chi connectivity index (χ3n) is 6.48. The van der Waals surface area contributed by atoms with Crippen LogP contribution >= 0.6 is 12.5 Å². The van der Waals surface area contributed by atoms with Gasteiger partial charge in [-0.3, -0.25) is 9.46 Å². The lowest BCUT2D eigenvalue weighted by Gasteiger charge is -2.37. The van der Waals surface area contributed by atoms with Crippen LogP contribution in [0.3, 0.4) is 0 Å². The maximum atomic E-state index is 14.0. The molecule has 5 rings (SSSR count). The molecule has 4 aromatic carbocycles. The molecule has 1 fully saturated rings. The third kappa shape index (κ3) is 4.79. The smallest absolute Gasteiger partial charge is 0.327 e. The van der Waals surface area contributed by atoms with Crippen LogP contribution in [-0.4, -0.2) is 23.2 Å². The van der Waals surface area contributed by atoms with E-state index in [0.717, 1.165) is 34.2 Å².